The zero-order valence-electron chi connectivity index (χ0n) is 11.8. The zero-order valence-corrected chi connectivity index (χ0v) is 12.6. The smallest absolute Gasteiger partial charge is 0.100 e. The van der Waals surface area contributed by atoms with E-state index in [2.05, 4.69) is 40.5 Å². The van der Waals surface area contributed by atoms with Crippen LogP contribution in [0.5, 0.6) is 0 Å². The summed E-state index contributed by atoms with van der Waals surface area (Å²) in [5, 5.41) is 0. The van der Waals surface area contributed by atoms with Gasteiger partial charge >= 0.3 is 0 Å². The van der Waals surface area contributed by atoms with Gasteiger partial charge in [0.05, 0.1) is 22.6 Å². The van der Waals surface area contributed by atoms with Gasteiger partial charge in [0.25, 0.3) is 0 Å². The maximum atomic E-state index is 6.04. The third-order valence-electron chi connectivity index (χ3n) is 3.66. The van der Waals surface area contributed by atoms with Crippen LogP contribution in [0, 0.1) is 20.8 Å². The van der Waals surface area contributed by atoms with Gasteiger partial charge in [-0.3, -0.25) is 9.55 Å². The van der Waals surface area contributed by atoms with Crippen molar-refractivity contribution in [1.29, 1.82) is 0 Å². The largest absolute Gasteiger partial charge is 0.298 e. The molecule has 20 heavy (non-hydrogen) atoms. The molecular formula is C16H16ClN3. The molecule has 0 fully saturated rings. The SMILES string of the molecule is Cc1cc(-n2cnc3cc(C)c(C)cc32)c(CCl)cn1. The highest BCUT2D eigenvalue weighted by Gasteiger charge is 2.10. The van der Waals surface area contributed by atoms with Crippen LogP contribution in [-0.4, -0.2) is 14.5 Å². The topological polar surface area (TPSA) is 30.7 Å². The van der Waals surface area contributed by atoms with E-state index >= 15 is 0 Å². The minimum atomic E-state index is 0.438. The van der Waals surface area contributed by atoms with Gasteiger partial charge < -0.3 is 0 Å². The molecule has 3 rings (SSSR count). The number of hydrogen-bond acceptors (Lipinski definition) is 2. The van der Waals surface area contributed by atoms with Gasteiger partial charge in [-0.2, -0.15) is 0 Å². The lowest BCUT2D eigenvalue weighted by atomic mass is 10.1. The summed E-state index contributed by atoms with van der Waals surface area (Å²) in [5.41, 5.74) is 7.66. The Hall–Kier alpha value is -1.87. The molecule has 0 bridgehead atoms. The number of imidazole rings is 1. The van der Waals surface area contributed by atoms with Gasteiger partial charge in [-0.05, 0) is 50.1 Å². The van der Waals surface area contributed by atoms with Crippen LogP contribution < -0.4 is 0 Å². The van der Waals surface area contributed by atoms with Crippen molar-refractivity contribution in [2.75, 3.05) is 0 Å². The summed E-state index contributed by atoms with van der Waals surface area (Å²) < 4.78 is 2.09. The van der Waals surface area contributed by atoms with E-state index in [1.165, 1.54) is 11.1 Å². The average molecular weight is 286 g/mol. The molecule has 0 N–H and O–H groups in total. The second kappa shape index (κ2) is 4.91. The molecule has 2 aromatic heterocycles. The van der Waals surface area contributed by atoms with Gasteiger partial charge in [0.1, 0.15) is 6.33 Å². The summed E-state index contributed by atoms with van der Waals surface area (Å²) >= 11 is 6.04. The van der Waals surface area contributed by atoms with Gasteiger partial charge in [-0.1, -0.05) is 0 Å². The van der Waals surface area contributed by atoms with E-state index in [-0.39, 0.29) is 0 Å². The first-order chi connectivity index (χ1) is 9.60. The molecule has 1 aromatic carbocycles. The van der Waals surface area contributed by atoms with E-state index in [1.807, 2.05) is 25.5 Å². The Morgan fingerprint density at radius 1 is 1.05 bits per heavy atom. The molecule has 3 aromatic rings. The van der Waals surface area contributed by atoms with Gasteiger partial charge in [0.2, 0.25) is 0 Å². The highest BCUT2D eigenvalue weighted by Crippen LogP contribution is 2.24. The molecule has 4 heteroatoms. The first-order valence-electron chi connectivity index (χ1n) is 6.56. The summed E-state index contributed by atoms with van der Waals surface area (Å²) in [5.74, 6) is 0.438. The van der Waals surface area contributed by atoms with Crippen molar-refractivity contribution in [1.82, 2.24) is 14.5 Å². The second-order valence-electron chi connectivity index (χ2n) is 5.13. The molecule has 0 saturated heterocycles. The normalized spacial score (nSPS) is 11.2. The van der Waals surface area contributed by atoms with Crippen molar-refractivity contribution < 1.29 is 0 Å². The molecule has 0 unspecified atom stereocenters. The van der Waals surface area contributed by atoms with Crippen molar-refractivity contribution in [3.05, 3.63) is 53.1 Å². The number of benzene rings is 1. The Morgan fingerprint density at radius 2 is 1.80 bits per heavy atom. The van der Waals surface area contributed by atoms with Gasteiger partial charge in [0, 0.05) is 17.5 Å². The van der Waals surface area contributed by atoms with Crippen LogP contribution >= 0.6 is 11.6 Å². The maximum Gasteiger partial charge on any atom is 0.100 e. The summed E-state index contributed by atoms with van der Waals surface area (Å²) in [4.78, 5) is 8.82. The summed E-state index contributed by atoms with van der Waals surface area (Å²) in [6.45, 7) is 6.21. The second-order valence-corrected chi connectivity index (χ2v) is 5.40. The first kappa shape index (κ1) is 13.1. The number of rotatable bonds is 2. The van der Waals surface area contributed by atoms with Gasteiger partial charge in [-0.15, -0.1) is 11.6 Å². The minimum absolute atomic E-state index is 0.438. The Balaban J connectivity index is 2.30. The van der Waals surface area contributed by atoms with Crippen LogP contribution in [-0.2, 0) is 5.88 Å². The molecule has 0 spiro atoms. The van der Waals surface area contributed by atoms with Crippen LogP contribution in [0.4, 0.5) is 0 Å². The molecular weight excluding hydrogens is 270 g/mol. The van der Waals surface area contributed by atoms with Crippen LogP contribution in [0.15, 0.2) is 30.7 Å². The van der Waals surface area contributed by atoms with E-state index in [4.69, 9.17) is 11.6 Å². The van der Waals surface area contributed by atoms with Gasteiger partial charge in [-0.25, -0.2) is 4.98 Å². The van der Waals surface area contributed by atoms with Crippen LogP contribution in [0.1, 0.15) is 22.4 Å². The molecule has 3 nitrogen and oxygen atoms in total. The lowest BCUT2D eigenvalue weighted by Crippen LogP contribution is -1.99. The third-order valence-corrected chi connectivity index (χ3v) is 3.95. The Labute approximate surface area is 123 Å². The fourth-order valence-corrected chi connectivity index (χ4v) is 2.56. The van der Waals surface area contributed by atoms with E-state index < -0.39 is 0 Å². The molecule has 0 amide bonds. The fourth-order valence-electron chi connectivity index (χ4n) is 2.36. The summed E-state index contributed by atoms with van der Waals surface area (Å²) in [7, 11) is 0. The Bertz CT molecular complexity index is 790. The Kier molecular flexibility index (Phi) is 3.22. The number of aryl methyl sites for hydroxylation is 3. The number of fused-ring (bicyclic) bond motifs is 1. The summed E-state index contributed by atoms with van der Waals surface area (Å²) in [6.07, 6.45) is 3.69. The lowest BCUT2D eigenvalue weighted by molar-refractivity contribution is 1.03. The number of hydrogen-bond donors (Lipinski definition) is 0. The molecule has 0 aliphatic heterocycles. The monoisotopic (exact) mass is 285 g/mol. The zero-order chi connectivity index (χ0) is 14.3. The fraction of sp³-hybridized carbons (Fsp3) is 0.250. The number of halogens is 1. The molecule has 2 heterocycles. The number of nitrogens with zero attached hydrogens (tertiary/aromatic N) is 3. The Morgan fingerprint density at radius 3 is 2.55 bits per heavy atom. The third kappa shape index (κ3) is 2.08. The van der Waals surface area contributed by atoms with Crippen molar-refractivity contribution in [2.24, 2.45) is 0 Å². The lowest BCUT2D eigenvalue weighted by Gasteiger charge is -2.10. The van der Waals surface area contributed by atoms with E-state index in [9.17, 15) is 0 Å². The molecule has 102 valence electrons. The molecule has 0 aliphatic carbocycles. The highest BCUT2D eigenvalue weighted by atomic mass is 35.5. The summed E-state index contributed by atoms with van der Waals surface area (Å²) in [6, 6.07) is 6.34. The number of pyridine rings is 1. The quantitative estimate of drug-likeness (QED) is 0.664. The van der Waals surface area contributed by atoms with Crippen LogP contribution in [0.25, 0.3) is 16.7 Å². The molecule has 0 radical (unpaired) electrons. The first-order valence-corrected chi connectivity index (χ1v) is 7.10. The van der Waals surface area contributed by atoms with Crippen molar-refractivity contribution in [3.63, 3.8) is 0 Å². The van der Waals surface area contributed by atoms with Crippen LogP contribution in [0.3, 0.4) is 0 Å². The standard InChI is InChI=1S/C16H16ClN3/c1-10-4-14-16(5-11(10)2)20(9-19-14)15-6-12(3)18-8-13(15)7-17/h4-6,8-9H,7H2,1-3H3. The highest BCUT2D eigenvalue weighted by molar-refractivity contribution is 6.17. The van der Waals surface area contributed by atoms with E-state index in [0.717, 1.165) is 28.0 Å². The van der Waals surface area contributed by atoms with E-state index in [1.54, 1.807) is 0 Å². The molecule has 0 atom stereocenters. The minimum Gasteiger partial charge on any atom is -0.298 e. The predicted octanol–water partition coefficient (Wildman–Crippen LogP) is 4.08. The van der Waals surface area contributed by atoms with Crippen molar-refractivity contribution >= 4 is 22.6 Å². The van der Waals surface area contributed by atoms with Gasteiger partial charge in [0.15, 0.2) is 0 Å². The predicted molar refractivity (Wildman–Crippen MR) is 82.6 cm³/mol. The molecule has 0 aliphatic rings. The number of alkyl halides is 1. The van der Waals surface area contributed by atoms with E-state index in [0.29, 0.717) is 5.88 Å². The van der Waals surface area contributed by atoms with Crippen molar-refractivity contribution in [2.45, 2.75) is 26.7 Å². The van der Waals surface area contributed by atoms with Crippen LogP contribution in [0.2, 0.25) is 0 Å². The maximum absolute atomic E-state index is 6.04. The number of aromatic nitrogens is 3. The van der Waals surface area contributed by atoms with Crippen molar-refractivity contribution in [3.8, 4) is 5.69 Å². The molecule has 0 saturated carbocycles. The average Bonchev–Trinajstić information content (AvgIpc) is 2.82.